The highest BCUT2D eigenvalue weighted by atomic mass is 79.9. The number of hydrogen-bond acceptors (Lipinski definition) is 2. The molecule has 2 nitrogen and oxygen atoms in total. The molecule has 1 unspecified atom stereocenters. The predicted octanol–water partition coefficient (Wildman–Crippen LogP) is 3.30. The van der Waals surface area contributed by atoms with Gasteiger partial charge in [-0.05, 0) is 45.1 Å². The Labute approximate surface area is 109 Å². The molecule has 0 aromatic rings. The van der Waals surface area contributed by atoms with E-state index in [0.717, 1.165) is 17.9 Å². The Hall–Kier alpha value is 0.400. The number of halogens is 1. The summed E-state index contributed by atoms with van der Waals surface area (Å²) in [7, 11) is 0. The molecule has 1 atom stereocenters. The van der Waals surface area contributed by atoms with Crippen molar-refractivity contribution in [3.8, 4) is 0 Å². The van der Waals surface area contributed by atoms with E-state index in [2.05, 4.69) is 34.7 Å². The number of likely N-dealkylation sites (tertiary alicyclic amines) is 1. The fraction of sp³-hybridized carbons (Fsp3) is 1.00. The standard InChI is InChI=1S/C13H26BrNO/c1-3-16-13-6-10-15(11-7-13)9-5-12(2)4-8-14/h12-13H,3-11H2,1-2H3. The van der Waals surface area contributed by atoms with Gasteiger partial charge in [-0.25, -0.2) is 0 Å². The lowest BCUT2D eigenvalue weighted by Gasteiger charge is -2.32. The Morgan fingerprint density at radius 2 is 2.00 bits per heavy atom. The normalized spacial score (nSPS) is 21.2. The molecule has 1 rings (SSSR count). The minimum atomic E-state index is 0.529. The third-order valence-corrected chi connectivity index (χ3v) is 3.93. The summed E-state index contributed by atoms with van der Waals surface area (Å²) < 4.78 is 5.66. The molecule has 3 heteroatoms. The van der Waals surface area contributed by atoms with E-state index in [4.69, 9.17) is 4.74 Å². The van der Waals surface area contributed by atoms with E-state index >= 15 is 0 Å². The molecule has 0 bridgehead atoms. The van der Waals surface area contributed by atoms with Crippen molar-refractivity contribution in [1.82, 2.24) is 4.90 Å². The maximum Gasteiger partial charge on any atom is 0.0599 e. The molecule has 0 saturated carbocycles. The minimum absolute atomic E-state index is 0.529. The van der Waals surface area contributed by atoms with Gasteiger partial charge in [0, 0.05) is 25.0 Å². The van der Waals surface area contributed by atoms with Crippen LogP contribution in [0.1, 0.15) is 39.5 Å². The van der Waals surface area contributed by atoms with Crippen LogP contribution >= 0.6 is 15.9 Å². The summed E-state index contributed by atoms with van der Waals surface area (Å²) in [5.74, 6) is 0.851. The van der Waals surface area contributed by atoms with Crippen molar-refractivity contribution in [2.24, 2.45) is 5.92 Å². The molecule has 0 aromatic carbocycles. The van der Waals surface area contributed by atoms with E-state index in [9.17, 15) is 0 Å². The molecule has 0 aliphatic carbocycles. The van der Waals surface area contributed by atoms with Crippen molar-refractivity contribution < 1.29 is 4.74 Å². The average Bonchev–Trinajstić information content (AvgIpc) is 2.29. The molecule has 0 aromatic heterocycles. The maximum atomic E-state index is 5.66. The van der Waals surface area contributed by atoms with Crippen LogP contribution in [0, 0.1) is 5.92 Å². The third kappa shape index (κ3) is 5.65. The molecule has 1 aliphatic heterocycles. The number of rotatable bonds is 7. The van der Waals surface area contributed by atoms with Crippen molar-refractivity contribution in [3.05, 3.63) is 0 Å². The lowest BCUT2D eigenvalue weighted by atomic mass is 10.0. The molecule has 96 valence electrons. The zero-order chi connectivity index (χ0) is 11.8. The van der Waals surface area contributed by atoms with Gasteiger partial charge in [0.25, 0.3) is 0 Å². The lowest BCUT2D eigenvalue weighted by molar-refractivity contribution is 0.0134. The number of hydrogen-bond donors (Lipinski definition) is 0. The van der Waals surface area contributed by atoms with Gasteiger partial charge in [-0.15, -0.1) is 0 Å². The molecule has 0 amide bonds. The summed E-state index contributed by atoms with van der Waals surface area (Å²) in [5, 5.41) is 1.14. The van der Waals surface area contributed by atoms with Crippen LogP contribution in [0.3, 0.4) is 0 Å². The molecule has 0 radical (unpaired) electrons. The Balaban J connectivity index is 2.07. The zero-order valence-corrected chi connectivity index (χ0v) is 12.3. The van der Waals surface area contributed by atoms with Crippen LogP contribution in [0.25, 0.3) is 0 Å². The van der Waals surface area contributed by atoms with Crippen molar-refractivity contribution in [1.29, 1.82) is 0 Å². The van der Waals surface area contributed by atoms with Gasteiger partial charge in [0.15, 0.2) is 0 Å². The van der Waals surface area contributed by atoms with Crippen molar-refractivity contribution in [2.45, 2.75) is 45.6 Å². The van der Waals surface area contributed by atoms with Crippen LogP contribution in [-0.4, -0.2) is 42.6 Å². The number of ether oxygens (including phenoxy) is 1. The van der Waals surface area contributed by atoms with E-state index in [-0.39, 0.29) is 0 Å². The molecule has 16 heavy (non-hydrogen) atoms. The van der Waals surface area contributed by atoms with E-state index in [1.807, 2.05) is 0 Å². The smallest absolute Gasteiger partial charge is 0.0599 e. The van der Waals surface area contributed by atoms with Crippen molar-refractivity contribution in [2.75, 3.05) is 31.6 Å². The van der Waals surface area contributed by atoms with E-state index in [1.165, 1.54) is 45.3 Å². The molecule has 1 fully saturated rings. The number of alkyl halides is 1. The molecule has 0 N–H and O–H groups in total. The highest BCUT2D eigenvalue weighted by molar-refractivity contribution is 9.09. The first-order chi connectivity index (χ1) is 7.76. The van der Waals surface area contributed by atoms with Crippen LogP contribution in [0.2, 0.25) is 0 Å². The highest BCUT2D eigenvalue weighted by Gasteiger charge is 2.19. The van der Waals surface area contributed by atoms with Gasteiger partial charge in [-0.3, -0.25) is 0 Å². The Morgan fingerprint density at radius 1 is 1.31 bits per heavy atom. The predicted molar refractivity (Wildman–Crippen MR) is 73.3 cm³/mol. The van der Waals surface area contributed by atoms with E-state index < -0.39 is 0 Å². The van der Waals surface area contributed by atoms with Gasteiger partial charge in [-0.2, -0.15) is 0 Å². The highest BCUT2D eigenvalue weighted by Crippen LogP contribution is 2.16. The van der Waals surface area contributed by atoms with E-state index in [0.29, 0.717) is 6.10 Å². The van der Waals surface area contributed by atoms with Crippen LogP contribution in [0.5, 0.6) is 0 Å². The zero-order valence-electron chi connectivity index (χ0n) is 10.8. The summed E-state index contributed by atoms with van der Waals surface area (Å²) in [6.45, 7) is 9.04. The summed E-state index contributed by atoms with van der Waals surface area (Å²) in [4.78, 5) is 2.60. The third-order valence-electron chi connectivity index (χ3n) is 3.48. The van der Waals surface area contributed by atoms with Crippen molar-refractivity contribution in [3.63, 3.8) is 0 Å². The van der Waals surface area contributed by atoms with Crippen LogP contribution in [0.15, 0.2) is 0 Å². The number of nitrogens with zero attached hydrogens (tertiary/aromatic N) is 1. The Morgan fingerprint density at radius 3 is 2.56 bits per heavy atom. The van der Waals surface area contributed by atoms with Crippen LogP contribution in [-0.2, 0) is 4.74 Å². The average molecular weight is 292 g/mol. The van der Waals surface area contributed by atoms with Crippen LogP contribution in [0.4, 0.5) is 0 Å². The van der Waals surface area contributed by atoms with Gasteiger partial charge < -0.3 is 9.64 Å². The Kier molecular flexibility index (Phi) is 7.67. The molecule has 1 heterocycles. The quantitative estimate of drug-likeness (QED) is 0.668. The van der Waals surface area contributed by atoms with Crippen molar-refractivity contribution >= 4 is 15.9 Å². The van der Waals surface area contributed by atoms with E-state index in [1.54, 1.807) is 0 Å². The Bertz CT molecular complexity index is 169. The first kappa shape index (κ1) is 14.5. The topological polar surface area (TPSA) is 12.5 Å². The molecular weight excluding hydrogens is 266 g/mol. The van der Waals surface area contributed by atoms with Gasteiger partial charge in [0.2, 0.25) is 0 Å². The second kappa shape index (κ2) is 8.48. The fourth-order valence-electron chi connectivity index (χ4n) is 2.27. The summed E-state index contributed by atoms with van der Waals surface area (Å²) >= 11 is 3.51. The second-order valence-corrected chi connectivity index (χ2v) is 5.66. The van der Waals surface area contributed by atoms with Gasteiger partial charge in [0.1, 0.15) is 0 Å². The lowest BCUT2D eigenvalue weighted by Crippen LogP contribution is -2.38. The fourth-order valence-corrected chi connectivity index (χ4v) is 3.05. The SMILES string of the molecule is CCOC1CCN(CCC(C)CCBr)CC1. The second-order valence-electron chi connectivity index (χ2n) is 4.87. The first-order valence-electron chi connectivity index (χ1n) is 6.66. The number of piperidine rings is 1. The molecule has 0 spiro atoms. The molecular formula is C13H26BrNO. The van der Waals surface area contributed by atoms with Crippen LogP contribution < -0.4 is 0 Å². The largest absolute Gasteiger partial charge is 0.378 e. The summed E-state index contributed by atoms with van der Waals surface area (Å²) in [5.41, 5.74) is 0. The van der Waals surface area contributed by atoms with Gasteiger partial charge >= 0.3 is 0 Å². The summed E-state index contributed by atoms with van der Waals surface area (Å²) in [6, 6.07) is 0. The monoisotopic (exact) mass is 291 g/mol. The molecule has 1 saturated heterocycles. The maximum absolute atomic E-state index is 5.66. The van der Waals surface area contributed by atoms with Gasteiger partial charge in [0.05, 0.1) is 6.10 Å². The minimum Gasteiger partial charge on any atom is -0.378 e. The summed E-state index contributed by atoms with van der Waals surface area (Å²) in [6.07, 6.45) is 5.61. The van der Waals surface area contributed by atoms with Gasteiger partial charge in [-0.1, -0.05) is 22.9 Å². The molecule has 1 aliphatic rings. The first-order valence-corrected chi connectivity index (χ1v) is 7.78.